The van der Waals surface area contributed by atoms with Gasteiger partial charge in [-0.15, -0.1) is 12.6 Å². The molecule has 0 fully saturated rings. The molecule has 0 spiro atoms. The molecule has 0 bridgehead atoms. The van der Waals surface area contributed by atoms with Gasteiger partial charge in [0.25, 0.3) is 0 Å². The van der Waals surface area contributed by atoms with E-state index >= 15 is 0 Å². The third-order valence-corrected chi connectivity index (χ3v) is 3.96. The van der Waals surface area contributed by atoms with Gasteiger partial charge in [0.2, 0.25) is 0 Å². The molecule has 19 heavy (non-hydrogen) atoms. The van der Waals surface area contributed by atoms with Crippen LogP contribution in [0, 0.1) is 5.92 Å². The summed E-state index contributed by atoms with van der Waals surface area (Å²) in [7, 11) is 0. The van der Waals surface area contributed by atoms with E-state index in [2.05, 4.69) is 38.6 Å². The average Bonchev–Trinajstić information content (AvgIpc) is 2.73. The van der Waals surface area contributed by atoms with Crippen LogP contribution in [-0.2, 0) is 4.79 Å². The Morgan fingerprint density at radius 3 is 2.58 bits per heavy atom. The van der Waals surface area contributed by atoms with Crippen molar-refractivity contribution in [3.05, 3.63) is 57.5 Å². The van der Waals surface area contributed by atoms with Crippen LogP contribution >= 0.6 is 12.6 Å². The van der Waals surface area contributed by atoms with Crippen molar-refractivity contribution in [1.82, 2.24) is 0 Å². The van der Waals surface area contributed by atoms with Gasteiger partial charge in [-0.25, -0.2) is 0 Å². The molecule has 2 aliphatic rings. The minimum absolute atomic E-state index is 0.146. The zero-order chi connectivity index (χ0) is 13.6. The van der Waals surface area contributed by atoms with Crippen LogP contribution in [0.2, 0.25) is 0 Å². The fourth-order valence-electron chi connectivity index (χ4n) is 2.70. The maximum absolute atomic E-state index is 12.6. The number of hydrogen-bond acceptors (Lipinski definition) is 2. The van der Waals surface area contributed by atoms with Crippen molar-refractivity contribution in [3.8, 4) is 0 Å². The van der Waals surface area contributed by atoms with Gasteiger partial charge >= 0.3 is 0 Å². The summed E-state index contributed by atoms with van der Waals surface area (Å²) in [5.41, 5.74) is 4.97. The molecule has 2 heteroatoms. The smallest absolute Gasteiger partial charge is 0.190 e. The molecule has 1 nitrogen and oxygen atoms in total. The summed E-state index contributed by atoms with van der Waals surface area (Å²) >= 11 is 4.52. The number of carbonyl (C=O) groups is 1. The van der Waals surface area contributed by atoms with Crippen LogP contribution in [0.3, 0.4) is 0 Å². The lowest BCUT2D eigenvalue weighted by Crippen LogP contribution is -2.13. The topological polar surface area (TPSA) is 17.1 Å². The van der Waals surface area contributed by atoms with Crippen LogP contribution in [0.15, 0.2) is 46.4 Å². The van der Waals surface area contributed by atoms with Crippen molar-refractivity contribution in [2.24, 2.45) is 5.92 Å². The first-order valence-corrected chi connectivity index (χ1v) is 7.02. The van der Waals surface area contributed by atoms with Crippen molar-refractivity contribution in [2.45, 2.75) is 20.3 Å². The van der Waals surface area contributed by atoms with Crippen LogP contribution in [0.4, 0.5) is 0 Å². The minimum atomic E-state index is 0.146. The Labute approximate surface area is 119 Å². The van der Waals surface area contributed by atoms with Gasteiger partial charge in [0.1, 0.15) is 0 Å². The minimum Gasteiger partial charge on any atom is -0.289 e. The lowest BCUT2D eigenvalue weighted by Gasteiger charge is -2.18. The van der Waals surface area contributed by atoms with E-state index in [-0.39, 0.29) is 5.78 Å². The molecule has 0 unspecified atom stereocenters. The highest BCUT2D eigenvalue weighted by molar-refractivity contribution is 7.84. The molecule has 0 radical (unpaired) electrons. The normalized spacial score (nSPS) is 17.4. The molecule has 1 aromatic carbocycles. The number of rotatable bonds is 2. The first kappa shape index (κ1) is 12.5. The van der Waals surface area contributed by atoms with E-state index in [4.69, 9.17) is 0 Å². The number of Topliss-reactive ketones (excluding diaryl/α,β-unsaturated/α-hetero) is 1. The summed E-state index contributed by atoms with van der Waals surface area (Å²) < 4.78 is 0. The second-order valence-electron chi connectivity index (χ2n) is 5.49. The van der Waals surface area contributed by atoms with Crippen LogP contribution in [0.25, 0.3) is 11.6 Å². The third kappa shape index (κ3) is 2.00. The molecule has 0 saturated heterocycles. The predicted octanol–water partition coefficient (Wildman–Crippen LogP) is 4.28. The molecule has 1 aromatic rings. The van der Waals surface area contributed by atoms with Crippen molar-refractivity contribution < 1.29 is 4.79 Å². The van der Waals surface area contributed by atoms with Crippen LogP contribution in [0.1, 0.15) is 31.4 Å². The molecule has 0 aliphatic heterocycles. The Morgan fingerprint density at radius 2 is 1.84 bits per heavy atom. The summed E-state index contributed by atoms with van der Waals surface area (Å²) in [6, 6.07) is 8.12. The van der Waals surface area contributed by atoms with Gasteiger partial charge in [0.15, 0.2) is 5.78 Å². The van der Waals surface area contributed by atoms with Gasteiger partial charge in [-0.05, 0) is 41.2 Å². The Balaban J connectivity index is 2.11. The molecule has 0 saturated carbocycles. The quantitative estimate of drug-likeness (QED) is 0.792. The summed E-state index contributed by atoms with van der Waals surface area (Å²) in [5.74, 6) is 0.604. The molecule has 0 amide bonds. The largest absolute Gasteiger partial charge is 0.289 e. The highest BCUT2D eigenvalue weighted by Gasteiger charge is 2.30. The Kier molecular flexibility index (Phi) is 2.98. The van der Waals surface area contributed by atoms with E-state index < -0.39 is 0 Å². The third-order valence-electron chi connectivity index (χ3n) is 3.56. The zero-order valence-corrected chi connectivity index (χ0v) is 12.0. The molecule has 96 valence electrons. The molecule has 0 N–H and O–H groups in total. The standard InChI is InChI=1S/C17H16OS/c1-10(2)7-15-16(19)9-13-12-6-4-3-5-11(12)8-14(13)17(15)18/h3-6,8-10,19H,7H2,1-2H3. The van der Waals surface area contributed by atoms with Gasteiger partial charge < -0.3 is 0 Å². The van der Waals surface area contributed by atoms with E-state index in [1.54, 1.807) is 0 Å². The van der Waals surface area contributed by atoms with E-state index in [1.165, 1.54) is 0 Å². The van der Waals surface area contributed by atoms with Gasteiger partial charge in [-0.2, -0.15) is 0 Å². The number of allylic oxidation sites excluding steroid dienone is 4. The number of carbonyl (C=O) groups excluding carboxylic acids is 1. The Bertz CT molecular complexity index is 660. The summed E-state index contributed by atoms with van der Waals surface area (Å²) in [6.45, 7) is 4.25. The average molecular weight is 268 g/mol. The molecule has 2 aliphatic carbocycles. The number of thiol groups is 1. The molecule has 0 aromatic heterocycles. The molecule has 0 heterocycles. The summed E-state index contributed by atoms with van der Waals surface area (Å²) in [6.07, 6.45) is 4.83. The maximum Gasteiger partial charge on any atom is 0.190 e. The maximum atomic E-state index is 12.6. The zero-order valence-electron chi connectivity index (χ0n) is 11.1. The number of fused-ring (bicyclic) bond motifs is 3. The molecule has 0 atom stereocenters. The number of ketones is 1. The van der Waals surface area contributed by atoms with Crippen molar-refractivity contribution in [2.75, 3.05) is 0 Å². The van der Waals surface area contributed by atoms with Crippen molar-refractivity contribution in [1.29, 1.82) is 0 Å². The predicted molar refractivity (Wildman–Crippen MR) is 82.9 cm³/mol. The van der Waals surface area contributed by atoms with E-state index in [9.17, 15) is 4.79 Å². The summed E-state index contributed by atoms with van der Waals surface area (Å²) in [4.78, 5) is 13.4. The second kappa shape index (κ2) is 4.53. The Hall–Kier alpha value is -1.54. The lowest BCUT2D eigenvalue weighted by molar-refractivity contribution is -0.112. The van der Waals surface area contributed by atoms with Crippen LogP contribution < -0.4 is 0 Å². The molecular weight excluding hydrogens is 252 g/mol. The number of benzene rings is 1. The van der Waals surface area contributed by atoms with E-state index in [0.29, 0.717) is 5.92 Å². The van der Waals surface area contributed by atoms with Gasteiger partial charge in [-0.1, -0.05) is 38.1 Å². The highest BCUT2D eigenvalue weighted by atomic mass is 32.1. The van der Waals surface area contributed by atoms with Crippen molar-refractivity contribution in [3.63, 3.8) is 0 Å². The Morgan fingerprint density at radius 1 is 1.11 bits per heavy atom. The lowest BCUT2D eigenvalue weighted by atomic mass is 9.87. The molecular formula is C17H16OS. The fraction of sp³-hybridized carbons (Fsp3) is 0.235. The molecule has 3 rings (SSSR count). The van der Waals surface area contributed by atoms with Crippen LogP contribution in [-0.4, -0.2) is 5.78 Å². The monoisotopic (exact) mass is 268 g/mol. The number of hydrogen-bond donors (Lipinski definition) is 1. The highest BCUT2D eigenvalue weighted by Crippen LogP contribution is 2.42. The van der Waals surface area contributed by atoms with Gasteiger partial charge in [0.05, 0.1) is 0 Å². The van der Waals surface area contributed by atoms with Gasteiger partial charge in [0, 0.05) is 16.1 Å². The van der Waals surface area contributed by atoms with Crippen molar-refractivity contribution >= 4 is 30.1 Å². The van der Waals surface area contributed by atoms with Crippen LogP contribution in [0.5, 0.6) is 0 Å². The van der Waals surface area contributed by atoms with Gasteiger partial charge in [-0.3, -0.25) is 4.79 Å². The van der Waals surface area contributed by atoms with E-state index in [1.807, 2.05) is 24.3 Å². The summed E-state index contributed by atoms with van der Waals surface area (Å²) in [5, 5.41) is 0. The first-order chi connectivity index (χ1) is 9.08. The first-order valence-electron chi connectivity index (χ1n) is 6.58. The van der Waals surface area contributed by atoms with E-state index in [0.717, 1.165) is 39.2 Å². The second-order valence-corrected chi connectivity index (χ2v) is 5.98. The SMILES string of the molecule is CC(C)CC1=C(S)C=C2C(=Cc3ccccc32)C1=O. The fourth-order valence-corrected chi connectivity index (χ4v) is 3.02.